The standard InChI is InChI=1S/C16H11NO2S2/c18-13-9-5-4-8-12(13)17-15(19)14(21-16(17)20)10-11-6-2-1-3-7-11/h1-10,18H/b14-10-. The van der Waals surface area contributed by atoms with Gasteiger partial charge >= 0.3 is 0 Å². The van der Waals surface area contributed by atoms with Crippen molar-refractivity contribution >= 4 is 46.0 Å². The van der Waals surface area contributed by atoms with Crippen molar-refractivity contribution < 1.29 is 9.90 Å². The summed E-state index contributed by atoms with van der Waals surface area (Å²) in [6.07, 6.45) is 1.80. The molecule has 2 aromatic carbocycles. The topological polar surface area (TPSA) is 40.5 Å². The van der Waals surface area contributed by atoms with Gasteiger partial charge in [0.25, 0.3) is 5.91 Å². The Bertz CT molecular complexity index is 741. The summed E-state index contributed by atoms with van der Waals surface area (Å²) < 4.78 is 0.420. The molecule has 3 rings (SSSR count). The number of phenols is 1. The Morgan fingerprint density at radius 2 is 1.71 bits per heavy atom. The molecule has 0 radical (unpaired) electrons. The lowest BCUT2D eigenvalue weighted by Crippen LogP contribution is -2.27. The highest BCUT2D eigenvalue weighted by Crippen LogP contribution is 2.39. The van der Waals surface area contributed by atoms with Crippen LogP contribution in [0.5, 0.6) is 5.75 Å². The van der Waals surface area contributed by atoms with Crippen molar-refractivity contribution in [3.8, 4) is 5.75 Å². The second-order valence-corrected chi connectivity index (χ2v) is 6.09. The molecular weight excluding hydrogens is 302 g/mol. The van der Waals surface area contributed by atoms with Gasteiger partial charge in [0.15, 0.2) is 4.32 Å². The summed E-state index contributed by atoms with van der Waals surface area (Å²) in [7, 11) is 0. The number of thiocarbonyl (C=S) groups is 1. The molecule has 3 nitrogen and oxygen atoms in total. The maximum Gasteiger partial charge on any atom is 0.270 e. The zero-order chi connectivity index (χ0) is 14.8. The van der Waals surface area contributed by atoms with Crippen molar-refractivity contribution in [2.75, 3.05) is 4.90 Å². The number of thioether (sulfide) groups is 1. The maximum absolute atomic E-state index is 12.5. The molecule has 0 bridgehead atoms. The van der Waals surface area contributed by atoms with Gasteiger partial charge in [0, 0.05) is 0 Å². The molecule has 1 heterocycles. The van der Waals surface area contributed by atoms with Crippen molar-refractivity contribution in [2.45, 2.75) is 0 Å². The van der Waals surface area contributed by atoms with Crippen LogP contribution in [0.1, 0.15) is 5.56 Å². The summed E-state index contributed by atoms with van der Waals surface area (Å²) in [5, 5.41) is 9.90. The van der Waals surface area contributed by atoms with Gasteiger partial charge in [-0.25, -0.2) is 0 Å². The molecular formula is C16H11NO2S2. The lowest BCUT2D eigenvalue weighted by molar-refractivity contribution is -0.113. The van der Waals surface area contributed by atoms with E-state index in [1.54, 1.807) is 24.3 Å². The second kappa shape index (κ2) is 5.71. The zero-order valence-corrected chi connectivity index (χ0v) is 12.5. The third-order valence-corrected chi connectivity index (χ3v) is 4.32. The van der Waals surface area contributed by atoms with E-state index in [-0.39, 0.29) is 11.7 Å². The third-order valence-electron chi connectivity index (χ3n) is 3.01. The molecule has 0 atom stereocenters. The van der Waals surface area contributed by atoms with Gasteiger partial charge in [-0.1, -0.05) is 66.4 Å². The molecule has 104 valence electrons. The summed E-state index contributed by atoms with van der Waals surface area (Å²) >= 11 is 6.51. The van der Waals surface area contributed by atoms with E-state index < -0.39 is 0 Å². The minimum absolute atomic E-state index is 0.0368. The quantitative estimate of drug-likeness (QED) is 0.676. The van der Waals surface area contributed by atoms with Crippen LogP contribution in [0, 0.1) is 0 Å². The van der Waals surface area contributed by atoms with Crippen LogP contribution in [0.4, 0.5) is 5.69 Å². The van der Waals surface area contributed by atoms with Crippen molar-refractivity contribution in [1.29, 1.82) is 0 Å². The van der Waals surface area contributed by atoms with Crippen molar-refractivity contribution in [3.63, 3.8) is 0 Å². The fourth-order valence-electron chi connectivity index (χ4n) is 2.03. The Balaban J connectivity index is 1.97. The van der Waals surface area contributed by atoms with E-state index in [0.717, 1.165) is 5.56 Å². The fraction of sp³-hybridized carbons (Fsp3) is 0. The van der Waals surface area contributed by atoms with Crippen LogP contribution in [0.25, 0.3) is 6.08 Å². The number of anilines is 1. The summed E-state index contributed by atoms with van der Waals surface area (Å²) in [6, 6.07) is 16.3. The molecule has 2 aromatic rings. The molecule has 0 saturated carbocycles. The minimum atomic E-state index is -0.213. The minimum Gasteiger partial charge on any atom is -0.506 e. The van der Waals surface area contributed by atoms with Gasteiger partial charge < -0.3 is 5.11 Å². The van der Waals surface area contributed by atoms with Crippen LogP contribution in [0.2, 0.25) is 0 Å². The van der Waals surface area contributed by atoms with Gasteiger partial charge in [0.05, 0.1) is 10.6 Å². The van der Waals surface area contributed by atoms with Gasteiger partial charge in [-0.15, -0.1) is 0 Å². The first-order valence-electron chi connectivity index (χ1n) is 6.28. The highest BCUT2D eigenvalue weighted by molar-refractivity contribution is 8.27. The molecule has 1 aliphatic rings. The molecule has 1 N–H and O–H groups in total. The maximum atomic E-state index is 12.5. The smallest absolute Gasteiger partial charge is 0.270 e. The van der Waals surface area contributed by atoms with E-state index in [1.807, 2.05) is 30.3 Å². The molecule has 21 heavy (non-hydrogen) atoms. The molecule has 1 aliphatic heterocycles. The number of para-hydroxylation sites is 2. The lowest BCUT2D eigenvalue weighted by Gasteiger charge is -2.15. The van der Waals surface area contributed by atoms with E-state index in [1.165, 1.54) is 22.7 Å². The normalized spacial score (nSPS) is 16.8. The molecule has 1 saturated heterocycles. The average molecular weight is 313 g/mol. The van der Waals surface area contributed by atoms with Crippen molar-refractivity contribution in [3.05, 3.63) is 65.1 Å². The molecule has 1 amide bonds. The first-order valence-corrected chi connectivity index (χ1v) is 7.50. The van der Waals surface area contributed by atoms with Crippen LogP contribution in [-0.2, 0) is 4.79 Å². The number of rotatable bonds is 2. The summed E-state index contributed by atoms with van der Waals surface area (Å²) in [5.74, 6) is -0.176. The van der Waals surface area contributed by atoms with Crippen LogP contribution in [-0.4, -0.2) is 15.3 Å². The van der Waals surface area contributed by atoms with Crippen LogP contribution < -0.4 is 4.90 Å². The van der Waals surface area contributed by atoms with E-state index in [2.05, 4.69) is 0 Å². The van der Waals surface area contributed by atoms with Crippen LogP contribution >= 0.6 is 24.0 Å². The number of amides is 1. The molecule has 5 heteroatoms. The van der Waals surface area contributed by atoms with Gasteiger partial charge in [0.1, 0.15) is 5.75 Å². The van der Waals surface area contributed by atoms with Gasteiger partial charge in [-0.05, 0) is 23.8 Å². The number of carbonyl (C=O) groups is 1. The predicted molar refractivity (Wildman–Crippen MR) is 90.2 cm³/mol. The van der Waals surface area contributed by atoms with Crippen LogP contribution in [0.3, 0.4) is 0 Å². The molecule has 0 spiro atoms. The largest absolute Gasteiger partial charge is 0.506 e. The summed E-state index contributed by atoms with van der Waals surface area (Å²) in [6.45, 7) is 0. The first kappa shape index (κ1) is 13.9. The number of phenolic OH excluding ortho intramolecular Hbond substituents is 1. The first-order chi connectivity index (χ1) is 10.2. The van der Waals surface area contributed by atoms with Crippen molar-refractivity contribution in [1.82, 2.24) is 0 Å². The Hall–Kier alpha value is -2.11. The van der Waals surface area contributed by atoms with E-state index in [0.29, 0.717) is 14.9 Å². The number of nitrogens with zero attached hydrogens (tertiary/aromatic N) is 1. The number of hydrogen-bond donors (Lipinski definition) is 1. The third kappa shape index (κ3) is 2.70. The van der Waals surface area contributed by atoms with Gasteiger partial charge in [-0.3, -0.25) is 9.69 Å². The monoisotopic (exact) mass is 313 g/mol. The summed E-state index contributed by atoms with van der Waals surface area (Å²) in [5.41, 5.74) is 1.35. The fourth-order valence-corrected chi connectivity index (χ4v) is 3.31. The molecule has 0 aromatic heterocycles. The molecule has 0 unspecified atom stereocenters. The van der Waals surface area contributed by atoms with Gasteiger partial charge in [-0.2, -0.15) is 0 Å². The highest BCUT2D eigenvalue weighted by atomic mass is 32.2. The molecule has 0 aliphatic carbocycles. The lowest BCUT2D eigenvalue weighted by atomic mass is 10.2. The van der Waals surface area contributed by atoms with Crippen LogP contribution in [0.15, 0.2) is 59.5 Å². The Kier molecular flexibility index (Phi) is 3.77. The average Bonchev–Trinajstić information content (AvgIpc) is 2.76. The SMILES string of the molecule is O=C1/C(=C/c2ccccc2)SC(=S)N1c1ccccc1O. The second-order valence-electron chi connectivity index (χ2n) is 4.42. The highest BCUT2D eigenvalue weighted by Gasteiger charge is 2.34. The molecule has 1 fully saturated rings. The number of aromatic hydroxyl groups is 1. The van der Waals surface area contributed by atoms with E-state index in [9.17, 15) is 9.90 Å². The Labute approximate surface area is 131 Å². The predicted octanol–water partition coefficient (Wildman–Crippen LogP) is 3.80. The number of carbonyl (C=O) groups excluding carboxylic acids is 1. The van der Waals surface area contributed by atoms with E-state index >= 15 is 0 Å². The Morgan fingerprint density at radius 1 is 1.05 bits per heavy atom. The van der Waals surface area contributed by atoms with E-state index in [4.69, 9.17) is 12.2 Å². The zero-order valence-electron chi connectivity index (χ0n) is 10.9. The van der Waals surface area contributed by atoms with Crippen molar-refractivity contribution in [2.24, 2.45) is 0 Å². The Morgan fingerprint density at radius 3 is 2.43 bits per heavy atom. The van der Waals surface area contributed by atoms with Gasteiger partial charge in [0.2, 0.25) is 0 Å². The number of benzene rings is 2. The number of hydrogen-bond acceptors (Lipinski definition) is 4. The summed E-state index contributed by atoms with van der Waals surface area (Å²) in [4.78, 5) is 14.4.